The average molecular weight is 439 g/mol. The van der Waals surface area contributed by atoms with E-state index in [4.69, 9.17) is 4.74 Å². The first-order valence-electron chi connectivity index (χ1n) is 10.6. The lowest BCUT2D eigenvalue weighted by atomic mass is 9.95. The van der Waals surface area contributed by atoms with E-state index in [2.05, 4.69) is 20.2 Å². The van der Waals surface area contributed by atoms with Crippen LogP contribution >= 0.6 is 11.3 Å². The average Bonchev–Trinajstić information content (AvgIpc) is 3.15. The number of amides is 1. The Balaban J connectivity index is 1.44. The molecule has 0 unspecified atom stereocenters. The first-order valence-corrected chi connectivity index (χ1v) is 11.4. The molecule has 1 aliphatic rings. The van der Waals surface area contributed by atoms with Crippen LogP contribution in [-0.4, -0.2) is 41.5 Å². The first kappa shape index (κ1) is 21.2. The molecule has 0 spiro atoms. The van der Waals surface area contributed by atoms with Crippen molar-refractivity contribution in [3.8, 4) is 0 Å². The van der Waals surface area contributed by atoms with Crippen LogP contribution in [0.4, 0.5) is 5.82 Å². The molecule has 1 aliphatic heterocycles. The number of piperidine rings is 1. The summed E-state index contributed by atoms with van der Waals surface area (Å²) in [5.41, 5.74) is 1.96. The highest BCUT2D eigenvalue weighted by Crippen LogP contribution is 2.36. The van der Waals surface area contributed by atoms with Crippen LogP contribution < -0.4 is 10.2 Å². The van der Waals surface area contributed by atoms with Crippen molar-refractivity contribution in [2.45, 2.75) is 33.2 Å². The number of anilines is 1. The van der Waals surface area contributed by atoms with E-state index in [9.17, 15) is 9.59 Å². The van der Waals surface area contributed by atoms with Crippen molar-refractivity contribution in [1.29, 1.82) is 0 Å². The van der Waals surface area contributed by atoms with Crippen LogP contribution in [0.1, 0.15) is 40.6 Å². The summed E-state index contributed by atoms with van der Waals surface area (Å²) in [6, 6.07) is 9.94. The van der Waals surface area contributed by atoms with Crippen LogP contribution in [0.2, 0.25) is 0 Å². The largest absolute Gasteiger partial charge is 0.462 e. The van der Waals surface area contributed by atoms with Gasteiger partial charge >= 0.3 is 5.97 Å². The normalized spacial score (nSPS) is 14.6. The second-order valence-electron chi connectivity index (χ2n) is 7.62. The molecule has 7 nitrogen and oxygen atoms in total. The third kappa shape index (κ3) is 4.54. The summed E-state index contributed by atoms with van der Waals surface area (Å²) in [5, 5.41) is 3.96. The number of nitrogens with one attached hydrogen (secondary N) is 1. The first-order chi connectivity index (χ1) is 15.1. The Hall–Kier alpha value is -3.00. The van der Waals surface area contributed by atoms with Gasteiger partial charge in [-0.2, -0.15) is 0 Å². The zero-order chi connectivity index (χ0) is 21.8. The quantitative estimate of drug-likeness (QED) is 0.591. The maximum atomic E-state index is 12.6. The van der Waals surface area contributed by atoms with Crippen LogP contribution in [0.25, 0.3) is 10.2 Å². The van der Waals surface area contributed by atoms with Gasteiger partial charge < -0.3 is 15.0 Å². The van der Waals surface area contributed by atoms with Crippen molar-refractivity contribution < 1.29 is 14.3 Å². The standard InChI is InChI=1S/C23H26N4O3S/c1-3-30-23(29)19-15(2)18-20(25-14-26-22(18)31-19)27-11-9-17(10-12-27)21(28)24-13-16-7-5-4-6-8-16/h4-8,14,17H,3,9-13H2,1-2H3,(H,24,28). The number of thiophene rings is 1. The molecule has 0 atom stereocenters. The topological polar surface area (TPSA) is 84.4 Å². The predicted octanol–water partition coefficient (Wildman–Crippen LogP) is 3.71. The molecule has 1 fully saturated rings. The minimum absolute atomic E-state index is 0.00375. The van der Waals surface area contributed by atoms with Crippen molar-refractivity contribution >= 4 is 39.2 Å². The van der Waals surface area contributed by atoms with E-state index in [0.717, 1.165) is 53.1 Å². The molecule has 0 bridgehead atoms. The van der Waals surface area contributed by atoms with Crippen LogP contribution in [-0.2, 0) is 16.1 Å². The molecule has 2 aromatic heterocycles. The fraction of sp³-hybridized carbons (Fsp3) is 0.391. The number of aryl methyl sites for hydroxylation is 1. The second-order valence-corrected chi connectivity index (χ2v) is 8.62. The summed E-state index contributed by atoms with van der Waals surface area (Å²) in [7, 11) is 0. The second kappa shape index (κ2) is 9.43. The third-order valence-corrected chi connectivity index (χ3v) is 6.82. The van der Waals surface area contributed by atoms with Gasteiger partial charge in [-0.15, -0.1) is 11.3 Å². The lowest BCUT2D eigenvalue weighted by Gasteiger charge is -2.32. The Morgan fingerprint density at radius 3 is 2.65 bits per heavy atom. The van der Waals surface area contributed by atoms with Crippen LogP contribution in [0.15, 0.2) is 36.7 Å². The number of hydrogen-bond acceptors (Lipinski definition) is 7. The number of rotatable bonds is 6. The number of aromatic nitrogens is 2. The summed E-state index contributed by atoms with van der Waals surface area (Å²) in [6.45, 7) is 6.08. The lowest BCUT2D eigenvalue weighted by Crippen LogP contribution is -2.40. The van der Waals surface area contributed by atoms with Crippen molar-refractivity contribution in [1.82, 2.24) is 15.3 Å². The fourth-order valence-electron chi connectivity index (χ4n) is 3.97. The van der Waals surface area contributed by atoms with Crippen LogP contribution in [0.3, 0.4) is 0 Å². The van der Waals surface area contributed by atoms with Crippen LogP contribution in [0.5, 0.6) is 0 Å². The molecule has 162 valence electrons. The molecule has 1 aromatic carbocycles. The van der Waals surface area contributed by atoms with Crippen LogP contribution in [0, 0.1) is 12.8 Å². The minimum Gasteiger partial charge on any atom is -0.462 e. The Bertz CT molecular complexity index is 1080. The van der Waals surface area contributed by atoms with Gasteiger partial charge in [0.15, 0.2) is 0 Å². The van der Waals surface area contributed by atoms with Gasteiger partial charge in [-0.25, -0.2) is 14.8 Å². The maximum absolute atomic E-state index is 12.6. The molecule has 3 heterocycles. The van der Waals surface area contributed by atoms with Crippen molar-refractivity contribution in [3.05, 3.63) is 52.7 Å². The number of carbonyl (C=O) groups excluding carboxylic acids is 2. The van der Waals surface area contributed by atoms with E-state index in [-0.39, 0.29) is 17.8 Å². The molecule has 4 rings (SSSR count). The Kier molecular flexibility index (Phi) is 6.46. The monoisotopic (exact) mass is 438 g/mol. The molecule has 8 heteroatoms. The molecule has 1 amide bonds. The number of benzene rings is 1. The molecule has 1 N–H and O–H groups in total. The summed E-state index contributed by atoms with van der Waals surface area (Å²) >= 11 is 1.34. The van der Waals surface area contributed by atoms with Gasteiger partial charge in [0.25, 0.3) is 0 Å². The van der Waals surface area contributed by atoms with E-state index < -0.39 is 0 Å². The summed E-state index contributed by atoms with van der Waals surface area (Å²) in [4.78, 5) is 37.4. The number of nitrogens with zero attached hydrogens (tertiary/aromatic N) is 3. The van der Waals surface area contributed by atoms with Gasteiger partial charge in [0.05, 0.1) is 12.0 Å². The van der Waals surface area contributed by atoms with Gasteiger partial charge in [0.1, 0.15) is 21.9 Å². The lowest BCUT2D eigenvalue weighted by molar-refractivity contribution is -0.125. The fourth-order valence-corrected chi connectivity index (χ4v) is 5.00. The molecule has 0 radical (unpaired) electrons. The molecule has 0 aliphatic carbocycles. The smallest absolute Gasteiger partial charge is 0.348 e. The highest BCUT2D eigenvalue weighted by molar-refractivity contribution is 7.20. The Morgan fingerprint density at radius 2 is 1.94 bits per heavy atom. The minimum atomic E-state index is -0.317. The number of hydrogen-bond donors (Lipinski definition) is 1. The van der Waals surface area contributed by atoms with Gasteiger partial charge in [-0.05, 0) is 37.8 Å². The predicted molar refractivity (Wildman–Crippen MR) is 121 cm³/mol. The van der Waals surface area contributed by atoms with Crippen molar-refractivity contribution in [2.24, 2.45) is 5.92 Å². The van der Waals surface area contributed by atoms with Gasteiger partial charge in [0.2, 0.25) is 5.91 Å². The Labute approximate surface area is 185 Å². The number of carbonyl (C=O) groups is 2. The number of esters is 1. The summed E-state index contributed by atoms with van der Waals surface area (Å²) in [6.07, 6.45) is 3.07. The maximum Gasteiger partial charge on any atom is 0.348 e. The number of fused-ring (bicyclic) bond motifs is 1. The third-order valence-electron chi connectivity index (χ3n) is 5.64. The van der Waals surface area contributed by atoms with E-state index in [1.165, 1.54) is 11.3 Å². The molecule has 0 saturated carbocycles. The summed E-state index contributed by atoms with van der Waals surface area (Å²) < 4.78 is 5.18. The van der Waals surface area contributed by atoms with Gasteiger partial charge in [0, 0.05) is 25.6 Å². The van der Waals surface area contributed by atoms with Crippen molar-refractivity contribution in [3.63, 3.8) is 0 Å². The molecule has 31 heavy (non-hydrogen) atoms. The van der Waals surface area contributed by atoms with Gasteiger partial charge in [-0.3, -0.25) is 4.79 Å². The molecular weight excluding hydrogens is 412 g/mol. The zero-order valence-corrected chi connectivity index (χ0v) is 18.6. The van der Waals surface area contributed by atoms with E-state index >= 15 is 0 Å². The van der Waals surface area contributed by atoms with E-state index in [0.29, 0.717) is 18.0 Å². The number of ether oxygens (including phenoxy) is 1. The Morgan fingerprint density at radius 1 is 1.19 bits per heavy atom. The summed E-state index contributed by atoms with van der Waals surface area (Å²) in [5.74, 6) is 0.615. The van der Waals surface area contributed by atoms with E-state index in [1.54, 1.807) is 13.3 Å². The highest BCUT2D eigenvalue weighted by Gasteiger charge is 2.28. The highest BCUT2D eigenvalue weighted by atomic mass is 32.1. The zero-order valence-electron chi connectivity index (χ0n) is 17.8. The molecule has 3 aromatic rings. The molecular formula is C23H26N4O3S. The van der Waals surface area contributed by atoms with Crippen molar-refractivity contribution in [2.75, 3.05) is 24.6 Å². The molecule has 1 saturated heterocycles. The SMILES string of the molecule is CCOC(=O)c1sc2ncnc(N3CCC(C(=O)NCc4ccccc4)CC3)c2c1C. The van der Waals surface area contributed by atoms with E-state index in [1.807, 2.05) is 37.3 Å². The van der Waals surface area contributed by atoms with Gasteiger partial charge in [-0.1, -0.05) is 30.3 Å².